The first-order chi connectivity index (χ1) is 8.29. The van der Waals surface area contributed by atoms with Crippen LogP contribution in [0.1, 0.15) is 46.5 Å². The Labute approximate surface area is 111 Å². The Bertz CT molecular complexity index is 382. The van der Waals surface area contributed by atoms with Gasteiger partial charge in [-0.3, -0.25) is 0 Å². The van der Waals surface area contributed by atoms with E-state index < -0.39 is 10.0 Å². The molecule has 1 atom stereocenters. The zero-order valence-electron chi connectivity index (χ0n) is 11.8. The first-order valence-electron chi connectivity index (χ1n) is 7.03. The number of nitrogens with one attached hydrogen (secondary N) is 1. The van der Waals surface area contributed by atoms with Crippen molar-refractivity contribution in [3.05, 3.63) is 0 Å². The van der Waals surface area contributed by atoms with Crippen LogP contribution in [0, 0.1) is 5.92 Å². The highest BCUT2D eigenvalue weighted by Gasteiger charge is 2.41. The van der Waals surface area contributed by atoms with Gasteiger partial charge >= 0.3 is 0 Å². The molecule has 2 fully saturated rings. The van der Waals surface area contributed by atoms with Gasteiger partial charge in [0, 0.05) is 18.6 Å². The molecule has 1 aliphatic carbocycles. The highest BCUT2D eigenvalue weighted by atomic mass is 32.2. The molecule has 1 heterocycles. The lowest BCUT2D eigenvalue weighted by molar-refractivity contribution is 0.245. The average Bonchev–Trinajstić information content (AvgIpc) is 3.10. The van der Waals surface area contributed by atoms with Crippen molar-refractivity contribution < 1.29 is 8.42 Å². The third-order valence-corrected chi connectivity index (χ3v) is 6.07. The van der Waals surface area contributed by atoms with Crippen LogP contribution in [0.25, 0.3) is 0 Å². The molecule has 5 heteroatoms. The van der Waals surface area contributed by atoms with Crippen LogP contribution in [0.4, 0.5) is 0 Å². The fourth-order valence-electron chi connectivity index (χ4n) is 2.45. The molecule has 0 radical (unpaired) electrons. The minimum atomic E-state index is -2.97. The van der Waals surface area contributed by atoms with E-state index in [1.54, 1.807) is 4.31 Å². The third-order valence-electron chi connectivity index (χ3n) is 3.71. The van der Waals surface area contributed by atoms with Gasteiger partial charge < -0.3 is 5.32 Å². The Morgan fingerprint density at radius 3 is 2.44 bits per heavy atom. The molecule has 2 aliphatic rings. The summed E-state index contributed by atoms with van der Waals surface area (Å²) in [6, 6.07) is 0. The Kier molecular flexibility index (Phi) is 4.04. The maximum atomic E-state index is 12.2. The third kappa shape index (κ3) is 3.68. The molecular weight excluding hydrogens is 248 g/mol. The van der Waals surface area contributed by atoms with Crippen LogP contribution < -0.4 is 5.32 Å². The van der Waals surface area contributed by atoms with Crippen molar-refractivity contribution in [1.29, 1.82) is 0 Å². The van der Waals surface area contributed by atoms with Gasteiger partial charge in [0.1, 0.15) is 0 Å². The summed E-state index contributed by atoms with van der Waals surface area (Å²) in [5.41, 5.74) is 0.109. The molecule has 0 aromatic carbocycles. The van der Waals surface area contributed by atoms with Crippen LogP contribution in [-0.2, 0) is 10.0 Å². The van der Waals surface area contributed by atoms with Gasteiger partial charge in [-0.1, -0.05) is 0 Å². The monoisotopic (exact) mass is 274 g/mol. The lowest BCUT2D eigenvalue weighted by atomic mass is 9.98. The molecule has 1 saturated heterocycles. The van der Waals surface area contributed by atoms with Crippen LogP contribution in [0.5, 0.6) is 0 Å². The van der Waals surface area contributed by atoms with E-state index in [-0.39, 0.29) is 10.8 Å². The van der Waals surface area contributed by atoms with Gasteiger partial charge in [-0.2, -0.15) is 0 Å². The highest BCUT2D eigenvalue weighted by molar-refractivity contribution is 7.90. The van der Waals surface area contributed by atoms with Crippen molar-refractivity contribution in [2.75, 3.05) is 19.6 Å². The normalized spacial score (nSPS) is 27.4. The second-order valence-corrected chi connectivity index (χ2v) is 8.95. The van der Waals surface area contributed by atoms with E-state index in [1.165, 1.54) is 0 Å². The maximum absolute atomic E-state index is 12.2. The summed E-state index contributed by atoms with van der Waals surface area (Å²) in [5, 5.41) is 3.42. The fourth-order valence-corrected chi connectivity index (χ4v) is 4.41. The van der Waals surface area contributed by atoms with E-state index in [2.05, 4.69) is 26.1 Å². The Morgan fingerprint density at radius 2 is 1.89 bits per heavy atom. The molecule has 1 unspecified atom stereocenters. The van der Waals surface area contributed by atoms with E-state index in [0.29, 0.717) is 12.5 Å². The summed E-state index contributed by atoms with van der Waals surface area (Å²) in [4.78, 5) is 0. The lowest BCUT2D eigenvalue weighted by Crippen LogP contribution is -2.47. The lowest BCUT2D eigenvalue weighted by Gasteiger charge is -2.34. The standard InChI is InChI=1S/C13H26N2O2S/c1-13(2,3)14-9-11-5-4-8-15(10-11)18(16,17)12-6-7-12/h11-12,14H,4-10H2,1-3H3. The quantitative estimate of drug-likeness (QED) is 0.847. The first kappa shape index (κ1) is 14.3. The van der Waals surface area contributed by atoms with Gasteiger partial charge in [-0.25, -0.2) is 12.7 Å². The van der Waals surface area contributed by atoms with E-state index in [0.717, 1.165) is 38.8 Å². The molecule has 0 aromatic rings. The molecule has 1 N–H and O–H groups in total. The van der Waals surface area contributed by atoms with E-state index in [9.17, 15) is 8.42 Å². The van der Waals surface area contributed by atoms with Crippen LogP contribution in [0.3, 0.4) is 0 Å². The van der Waals surface area contributed by atoms with Crippen molar-refractivity contribution in [3.63, 3.8) is 0 Å². The van der Waals surface area contributed by atoms with Gasteiger partial charge in [0.2, 0.25) is 10.0 Å². The van der Waals surface area contributed by atoms with Gasteiger partial charge in [-0.05, 0) is 58.9 Å². The molecule has 4 nitrogen and oxygen atoms in total. The summed E-state index contributed by atoms with van der Waals surface area (Å²) >= 11 is 0. The molecule has 18 heavy (non-hydrogen) atoms. The second-order valence-electron chi connectivity index (χ2n) is 6.74. The topological polar surface area (TPSA) is 49.4 Å². The summed E-state index contributed by atoms with van der Waals surface area (Å²) < 4.78 is 26.1. The molecule has 0 bridgehead atoms. The fraction of sp³-hybridized carbons (Fsp3) is 1.00. The number of sulfonamides is 1. The summed E-state index contributed by atoms with van der Waals surface area (Å²) in [7, 11) is -2.97. The minimum Gasteiger partial charge on any atom is -0.312 e. The zero-order valence-corrected chi connectivity index (χ0v) is 12.6. The number of nitrogens with zero attached hydrogens (tertiary/aromatic N) is 1. The number of piperidine rings is 1. The van der Waals surface area contributed by atoms with Crippen molar-refractivity contribution in [2.24, 2.45) is 5.92 Å². The molecule has 0 aromatic heterocycles. The van der Waals surface area contributed by atoms with Gasteiger partial charge in [-0.15, -0.1) is 0 Å². The predicted octanol–water partition coefficient (Wildman–Crippen LogP) is 1.58. The van der Waals surface area contributed by atoms with Crippen LogP contribution in [0.2, 0.25) is 0 Å². The Hall–Kier alpha value is -0.130. The molecule has 0 spiro atoms. The molecule has 1 saturated carbocycles. The average molecular weight is 274 g/mol. The SMILES string of the molecule is CC(C)(C)NCC1CCCN(S(=O)(=O)C2CC2)C1. The molecule has 0 amide bonds. The van der Waals surface area contributed by atoms with Crippen LogP contribution in [-0.4, -0.2) is 43.1 Å². The van der Waals surface area contributed by atoms with Gasteiger partial charge in [0.15, 0.2) is 0 Å². The summed E-state index contributed by atoms with van der Waals surface area (Å²) in [5.74, 6) is 0.464. The van der Waals surface area contributed by atoms with Crippen molar-refractivity contribution in [2.45, 2.75) is 57.2 Å². The number of rotatable bonds is 4. The molecule has 1 aliphatic heterocycles. The maximum Gasteiger partial charge on any atom is 0.216 e. The Morgan fingerprint density at radius 1 is 1.22 bits per heavy atom. The van der Waals surface area contributed by atoms with Gasteiger partial charge in [0.05, 0.1) is 5.25 Å². The number of hydrogen-bond acceptors (Lipinski definition) is 3. The van der Waals surface area contributed by atoms with Crippen molar-refractivity contribution in [1.82, 2.24) is 9.62 Å². The van der Waals surface area contributed by atoms with E-state index in [4.69, 9.17) is 0 Å². The first-order valence-corrected chi connectivity index (χ1v) is 8.53. The van der Waals surface area contributed by atoms with Crippen LogP contribution in [0.15, 0.2) is 0 Å². The minimum absolute atomic E-state index is 0.0631. The van der Waals surface area contributed by atoms with Gasteiger partial charge in [0.25, 0.3) is 0 Å². The van der Waals surface area contributed by atoms with E-state index >= 15 is 0 Å². The van der Waals surface area contributed by atoms with E-state index in [1.807, 2.05) is 0 Å². The number of hydrogen-bond donors (Lipinski definition) is 1. The largest absolute Gasteiger partial charge is 0.312 e. The van der Waals surface area contributed by atoms with Crippen molar-refractivity contribution >= 4 is 10.0 Å². The molecule has 106 valence electrons. The summed E-state index contributed by atoms with van der Waals surface area (Å²) in [6.45, 7) is 8.80. The second kappa shape index (κ2) is 5.10. The highest BCUT2D eigenvalue weighted by Crippen LogP contribution is 2.33. The van der Waals surface area contributed by atoms with Crippen molar-refractivity contribution in [3.8, 4) is 0 Å². The zero-order chi connectivity index (χ0) is 13.4. The molecular formula is C13H26N2O2S. The smallest absolute Gasteiger partial charge is 0.216 e. The van der Waals surface area contributed by atoms with Crippen LogP contribution >= 0.6 is 0 Å². The Balaban J connectivity index is 1.88. The summed E-state index contributed by atoms with van der Waals surface area (Å²) in [6.07, 6.45) is 3.87. The predicted molar refractivity (Wildman–Crippen MR) is 74.0 cm³/mol. The molecule has 2 rings (SSSR count).